The SMILES string of the molecule is NC(=O)c1ccn(-c2ccc(N)cc2S(N)(=O)=O)n1. The molecule has 0 spiro atoms. The van der Waals surface area contributed by atoms with Crippen molar-refractivity contribution in [3.05, 3.63) is 36.2 Å². The zero-order chi connectivity index (χ0) is 14.2. The summed E-state index contributed by atoms with van der Waals surface area (Å²) in [5, 5.41) is 8.98. The molecule has 0 radical (unpaired) electrons. The van der Waals surface area contributed by atoms with E-state index in [1.54, 1.807) is 0 Å². The summed E-state index contributed by atoms with van der Waals surface area (Å²) >= 11 is 0. The third kappa shape index (κ3) is 2.56. The average Bonchev–Trinajstić information content (AvgIpc) is 2.77. The number of benzene rings is 1. The minimum atomic E-state index is -3.97. The molecule has 0 saturated heterocycles. The van der Waals surface area contributed by atoms with Crippen LogP contribution in [-0.2, 0) is 10.0 Å². The van der Waals surface area contributed by atoms with Crippen molar-refractivity contribution in [1.29, 1.82) is 0 Å². The predicted octanol–water partition coefficient (Wildman–Crippen LogP) is -0.799. The molecule has 1 aromatic carbocycles. The van der Waals surface area contributed by atoms with Crippen molar-refractivity contribution in [2.45, 2.75) is 4.90 Å². The minimum Gasteiger partial charge on any atom is -0.399 e. The standard InChI is InChI=1S/C10H11N5O3S/c11-6-1-2-8(9(5-6)19(13,17)18)15-4-3-7(14-15)10(12)16/h1-5H,11H2,(H2,12,16)(H2,13,17,18). The molecule has 0 atom stereocenters. The predicted molar refractivity (Wildman–Crippen MR) is 67.9 cm³/mol. The van der Waals surface area contributed by atoms with Crippen LogP contribution in [0.15, 0.2) is 35.4 Å². The van der Waals surface area contributed by atoms with Gasteiger partial charge in [0.2, 0.25) is 10.0 Å². The van der Waals surface area contributed by atoms with Crippen LogP contribution >= 0.6 is 0 Å². The Morgan fingerprint density at radius 3 is 2.47 bits per heavy atom. The molecule has 9 heteroatoms. The molecule has 1 heterocycles. The van der Waals surface area contributed by atoms with Crippen LogP contribution in [0.5, 0.6) is 0 Å². The Hall–Kier alpha value is -2.39. The number of hydrogen-bond acceptors (Lipinski definition) is 5. The number of sulfonamides is 1. The van der Waals surface area contributed by atoms with Crippen molar-refractivity contribution < 1.29 is 13.2 Å². The highest BCUT2D eigenvalue weighted by molar-refractivity contribution is 7.89. The molecule has 0 aliphatic carbocycles. The normalized spacial score (nSPS) is 11.4. The molecule has 0 aliphatic heterocycles. The van der Waals surface area contributed by atoms with E-state index in [4.69, 9.17) is 16.6 Å². The van der Waals surface area contributed by atoms with Crippen molar-refractivity contribution in [3.8, 4) is 5.69 Å². The van der Waals surface area contributed by atoms with Crippen molar-refractivity contribution >= 4 is 21.6 Å². The summed E-state index contributed by atoms with van der Waals surface area (Å²) in [4.78, 5) is 10.8. The maximum atomic E-state index is 11.5. The van der Waals surface area contributed by atoms with Crippen LogP contribution in [-0.4, -0.2) is 24.1 Å². The van der Waals surface area contributed by atoms with Gasteiger partial charge in [-0.15, -0.1) is 0 Å². The Balaban J connectivity index is 2.65. The van der Waals surface area contributed by atoms with Gasteiger partial charge in [-0.1, -0.05) is 0 Å². The maximum absolute atomic E-state index is 11.5. The smallest absolute Gasteiger partial charge is 0.269 e. The Bertz CT molecular complexity index is 750. The Morgan fingerprint density at radius 2 is 1.95 bits per heavy atom. The number of carbonyl (C=O) groups excluding carboxylic acids is 1. The summed E-state index contributed by atoms with van der Waals surface area (Å²) < 4.78 is 24.2. The zero-order valence-corrected chi connectivity index (χ0v) is 10.5. The molecule has 19 heavy (non-hydrogen) atoms. The summed E-state index contributed by atoms with van der Waals surface area (Å²) in [5.74, 6) is -0.716. The van der Waals surface area contributed by atoms with Gasteiger partial charge in [-0.05, 0) is 24.3 Å². The fourth-order valence-corrected chi connectivity index (χ4v) is 2.29. The summed E-state index contributed by atoms with van der Waals surface area (Å²) in [7, 11) is -3.97. The lowest BCUT2D eigenvalue weighted by atomic mass is 10.3. The Kier molecular flexibility index (Phi) is 3.00. The van der Waals surface area contributed by atoms with Gasteiger partial charge < -0.3 is 11.5 Å². The first kappa shape index (κ1) is 13.1. The monoisotopic (exact) mass is 281 g/mol. The third-order valence-corrected chi connectivity index (χ3v) is 3.32. The fraction of sp³-hybridized carbons (Fsp3) is 0. The van der Waals surface area contributed by atoms with Crippen molar-refractivity contribution in [2.24, 2.45) is 10.9 Å². The number of hydrogen-bond donors (Lipinski definition) is 3. The topological polar surface area (TPSA) is 147 Å². The number of carbonyl (C=O) groups is 1. The molecule has 8 nitrogen and oxygen atoms in total. The number of amides is 1. The van der Waals surface area contributed by atoms with Gasteiger partial charge in [0, 0.05) is 11.9 Å². The molecule has 1 amide bonds. The summed E-state index contributed by atoms with van der Waals surface area (Å²) in [6, 6.07) is 5.52. The molecule has 2 aromatic rings. The maximum Gasteiger partial charge on any atom is 0.269 e. The van der Waals surface area contributed by atoms with Gasteiger partial charge in [0.1, 0.15) is 10.6 Å². The Morgan fingerprint density at radius 1 is 1.26 bits per heavy atom. The lowest BCUT2D eigenvalue weighted by molar-refractivity contribution is 0.0995. The first-order valence-electron chi connectivity index (χ1n) is 5.07. The second kappa shape index (κ2) is 4.37. The molecule has 1 aromatic heterocycles. The Labute approximate surface area is 108 Å². The van der Waals surface area contributed by atoms with Crippen LogP contribution in [0.25, 0.3) is 5.69 Å². The summed E-state index contributed by atoms with van der Waals surface area (Å²) in [5.41, 5.74) is 11.0. The van der Waals surface area contributed by atoms with Gasteiger partial charge in [0.05, 0.1) is 5.69 Å². The molecule has 6 N–H and O–H groups in total. The van der Waals surface area contributed by atoms with E-state index in [-0.39, 0.29) is 22.0 Å². The number of nitrogens with zero attached hydrogens (tertiary/aromatic N) is 2. The molecule has 2 rings (SSSR count). The van der Waals surface area contributed by atoms with Gasteiger partial charge in [0.15, 0.2) is 0 Å². The van der Waals surface area contributed by atoms with Crippen LogP contribution in [0.1, 0.15) is 10.5 Å². The number of anilines is 1. The number of rotatable bonds is 3. The number of primary amides is 1. The molecule has 0 aliphatic rings. The molecule has 0 fully saturated rings. The fourth-order valence-electron chi connectivity index (χ4n) is 1.54. The largest absolute Gasteiger partial charge is 0.399 e. The van der Waals surface area contributed by atoms with Gasteiger partial charge in [-0.25, -0.2) is 18.2 Å². The number of nitrogens with two attached hydrogens (primary N) is 3. The van der Waals surface area contributed by atoms with E-state index >= 15 is 0 Å². The van der Waals surface area contributed by atoms with E-state index in [9.17, 15) is 13.2 Å². The van der Waals surface area contributed by atoms with Gasteiger partial charge >= 0.3 is 0 Å². The lowest BCUT2D eigenvalue weighted by Gasteiger charge is -2.08. The minimum absolute atomic E-state index is 0.0113. The van der Waals surface area contributed by atoms with E-state index in [1.807, 2.05) is 0 Å². The molecule has 100 valence electrons. The van der Waals surface area contributed by atoms with Crippen LogP contribution in [0.3, 0.4) is 0 Å². The number of aromatic nitrogens is 2. The van der Waals surface area contributed by atoms with E-state index in [0.717, 1.165) is 0 Å². The van der Waals surface area contributed by atoms with Crippen molar-refractivity contribution in [3.63, 3.8) is 0 Å². The van der Waals surface area contributed by atoms with E-state index in [0.29, 0.717) is 0 Å². The van der Waals surface area contributed by atoms with Gasteiger partial charge in [0.25, 0.3) is 5.91 Å². The van der Waals surface area contributed by atoms with Crippen LogP contribution in [0, 0.1) is 0 Å². The van der Waals surface area contributed by atoms with Crippen molar-refractivity contribution in [1.82, 2.24) is 9.78 Å². The molecule has 0 saturated carbocycles. The summed E-state index contributed by atoms with van der Waals surface area (Å²) in [6.07, 6.45) is 1.40. The first-order valence-corrected chi connectivity index (χ1v) is 6.62. The van der Waals surface area contributed by atoms with E-state index in [1.165, 1.54) is 35.1 Å². The molecule has 0 unspecified atom stereocenters. The van der Waals surface area contributed by atoms with Gasteiger partial charge in [-0.3, -0.25) is 4.79 Å². The average molecular weight is 281 g/mol. The second-order valence-corrected chi connectivity index (χ2v) is 5.31. The van der Waals surface area contributed by atoms with Crippen molar-refractivity contribution in [2.75, 3.05) is 5.73 Å². The van der Waals surface area contributed by atoms with E-state index < -0.39 is 15.9 Å². The first-order chi connectivity index (χ1) is 8.79. The van der Waals surface area contributed by atoms with Crippen LogP contribution in [0.4, 0.5) is 5.69 Å². The van der Waals surface area contributed by atoms with E-state index in [2.05, 4.69) is 5.10 Å². The number of primary sulfonamides is 1. The zero-order valence-electron chi connectivity index (χ0n) is 9.65. The molecule has 0 bridgehead atoms. The quantitative estimate of drug-likeness (QED) is 0.630. The third-order valence-electron chi connectivity index (χ3n) is 2.38. The summed E-state index contributed by atoms with van der Waals surface area (Å²) in [6.45, 7) is 0. The molecular formula is C10H11N5O3S. The highest BCUT2D eigenvalue weighted by Gasteiger charge is 2.17. The van der Waals surface area contributed by atoms with Crippen LogP contribution < -0.4 is 16.6 Å². The lowest BCUT2D eigenvalue weighted by Crippen LogP contribution is -2.17. The highest BCUT2D eigenvalue weighted by Crippen LogP contribution is 2.21. The van der Waals surface area contributed by atoms with Crippen LogP contribution in [0.2, 0.25) is 0 Å². The second-order valence-electron chi connectivity index (χ2n) is 3.78. The van der Waals surface area contributed by atoms with Gasteiger partial charge in [-0.2, -0.15) is 5.10 Å². The molecular weight excluding hydrogens is 270 g/mol. The highest BCUT2D eigenvalue weighted by atomic mass is 32.2. The number of nitrogen functional groups attached to an aromatic ring is 1.